The van der Waals surface area contributed by atoms with Gasteiger partial charge in [0.25, 0.3) is 10.0 Å². The van der Waals surface area contributed by atoms with Gasteiger partial charge in [0.05, 0.1) is 17.5 Å². The number of nitrogens with zero attached hydrogens (tertiary/aromatic N) is 1. The summed E-state index contributed by atoms with van der Waals surface area (Å²) in [5.74, 6) is 0. The number of hydrogen-bond acceptors (Lipinski definition) is 3. The van der Waals surface area contributed by atoms with Crippen molar-refractivity contribution in [3.8, 4) is 0 Å². The highest BCUT2D eigenvalue weighted by atomic mass is 32.2. The Kier molecular flexibility index (Phi) is 3.62. The van der Waals surface area contributed by atoms with E-state index in [1.54, 1.807) is 12.1 Å². The molecule has 1 fully saturated rings. The average Bonchev–Trinajstić information content (AvgIpc) is 2.91. The van der Waals surface area contributed by atoms with Gasteiger partial charge < -0.3 is 5.32 Å². The molecule has 0 radical (unpaired) electrons. The summed E-state index contributed by atoms with van der Waals surface area (Å²) in [7, 11) is -3.82. The van der Waals surface area contributed by atoms with Gasteiger partial charge in [0.2, 0.25) is 0 Å². The van der Waals surface area contributed by atoms with E-state index in [2.05, 4.69) is 5.32 Å². The minimum absolute atomic E-state index is 0.0963. The first-order chi connectivity index (χ1) is 10.5. The van der Waals surface area contributed by atoms with E-state index in [9.17, 15) is 13.2 Å². The minimum atomic E-state index is -3.82. The smallest absolute Gasteiger partial charge is 0.328 e. The Hall–Kier alpha value is -2.34. The molecule has 0 saturated carbocycles. The summed E-state index contributed by atoms with van der Waals surface area (Å²) >= 11 is 0. The molecular formula is C16H16N2O3S. The summed E-state index contributed by atoms with van der Waals surface area (Å²) < 4.78 is 26.1. The predicted molar refractivity (Wildman–Crippen MR) is 82.8 cm³/mol. The van der Waals surface area contributed by atoms with Crippen molar-refractivity contribution in [2.75, 3.05) is 6.54 Å². The van der Waals surface area contributed by atoms with E-state index in [1.165, 1.54) is 12.1 Å². The van der Waals surface area contributed by atoms with E-state index in [-0.39, 0.29) is 17.5 Å². The standard InChI is InChI=1S/C16H16N2O3S/c1-12-7-9-14(10-8-12)22(20,21)18-11-15(17-16(18)19)13-5-3-2-4-6-13/h2-10,15H,11H2,1H3,(H,17,19). The topological polar surface area (TPSA) is 66.5 Å². The van der Waals surface area contributed by atoms with Gasteiger partial charge in [-0.25, -0.2) is 17.5 Å². The molecule has 1 aliphatic rings. The second-order valence-electron chi connectivity index (χ2n) is 5.26. The quantitative estimate of drug-likeness (QED) is 0.946. The number of rotatable bonds is 3. The molecule has 0 aliphatic carbocycles. The van der Waals surface area contributed by atoms with Crippen LogP contribution in [0.3, 0.4) is 0 Å². The van der Waals surface area contributed by atoms with Crippen molar-refractivity contribution in [3.05, 3.63) is 65.7 Å². The van der Waals surface area contributed by atoms with E-state index in [1.807, 2.05) is 37.3 Å². The molecule has 0 bridgehead atoms. The van der Waals surface area contributed by atoms with Gasteiger partial charge in [-0.1, -0.05) is 48.0 Å². The summed E-state index contributed by atoms with van der Waals surface area (Å²) in [4.78, 5) is 12.2. The summed E-state index contributed by atoms with van der Waals surface area (Å²) in [5, 5.41) is 2.72. The molecule has 114 valence electrons. The van der Waals surface area contributed by atoms with Crippen LogP contribution in [0.1, 0.15) is 17.2 Å². The Morgan fingerprint density at radius 3 is 2.32 bits per heavy atom. The van der Waals surface area contributed by atoms with Crippen molar-refractivity contribution in [2.24, 2.45) is 0 Å². The Morgan fingerprint density at radius 2 is 1.68 bits per heavy atom. The van der Waals surface area contributed by atoms with Gasteiger partial charge in [0, 0.05) is 0 Å². The van der Waals surface area contributed by atoms with Crippen LogP contribution in [-0.2, 0) is 10.0 Å². The zero-order chi connectivity index (χ0) is 15.7. The maximum Gasteiger partial charge on any atom is 0.331 e. The average molecular weight is 316 g/mol. The van der Waals surface area contributed by atoms with Gasteiger partial charge in [-0.2, -0.15) is 0 Å². The largest absolute Gasteiger partial charge is 0.331 e. The number of sulfonamides is 1. The number of carbonyl (C=O) groups is 1. The van der Waals surface area contributed by atoms with Crippen molar-refractivity contribution in [3.63, 3.8) is 0 Å². The molecule has 6 heteroatoms. The first-order valence-electron chi connectivity index (χ1n) is 6.93. The maximum atomic E-state index is 12.6. The third kappa shape index (κ3) is 2.57. The van der Waals surface area contributed by atoms with Gasteiger partial charge >= 0.3 is 6.03 Å². The molecule has 1 atom stereocenters. The van der Waals surface area contributed by atoms with Crippen LogP contribution in [0.15, 0.2) is 59.5 Å². The number of hydrogen-bond donors (Lipinski definition) is 1. The molecule has 2 aromatic rings. The second kappa shape index (κ2) is 5.46. The van der Waals surface area contributed by atoms with Crippen molar-refractivity contribution in [2.45, 2.75) is 17.9 Å². The van der Waals surface area contributed by atoms with Gasteiger partial charge in [-0.3, -0.25) is 0 Å². The Labute approximate surface area is 129 Å². The van der Waals surface area contributed by atoms with Crippen LogP contribution in [0.2, 0.25) is 0 Å². The zero-order valence-electron chi connectivity index (χ0n) is 12.1. The Balaban J connectivity index is 1.89. The lowest BCUT2D eigenvalue weighted by atomic mass is 10.1. The number of urea groups is 1. The molecule has 0 aromatic heterocycles. The third-order valence-electron chi connectivity index (χ3n) is 3.68. The fourth-order valence-electron chi connectivity index (χ4n) is 2.43. The summed E-state index contributed by atoms with van der Waals surface area (Å²) in [6.45, 7) is 1.98. The fraction of sp³-hybridized carbons (Fsp3) is 0.188. The molecule has 22 heavy (non-hydrogen) atoms. The van der Waals surface area contributed by atoms with Crippen LogP contribution in [0.4, 0.5) is 4.79 Å². The molecule has 1 saturated heterocycles. The monoisotopic (exact) mass is 316 g/mol. The Morgan fingerprint density at radius 1 is 1.05 bits per heavy atom. The molecule has 0 spiro atoms. The maximum absolute atomic E-state index is 12.6. The van der Waals surface area contributed by atoms with E-state index in [0.717, 1.165) is 15.4 Å². The second-order valence-corrected chi connectivity index (χ2v) is 7.12. The zero-order valence-corrected chi connectivity index (χ0v) is 12.9. The SMILES string of the molecule is Cc1ccc(S(=O)(=O)N2CC(c3ccccc3)NC2=O)cc1. The molecule has 1 heterocycles. The van der Waals surface area contributed by atoms with E-state index in [0.29, 0.717) is 0 Å². The van der Waals surface area contributed by atoms with Crippen LogP contribution >= 0.6 is 0 Å². The molecule has 5 nitrogen and oxygen atoms in total. The number of amides is 2. The lowest BCUT2D eigenvalue weighted by Gasteiger charge is -2.15. The molecule has 1 aliphatic heterocycles. The third-order valence-corrected chi connectivity index (χ3v) is 5.45. The summed E-state index contributed by atoms with van der Waals surface area (Å²) in [6, 6.07) is 14.9. The van der Waals surface area contributed by atoms with Crippen LogP contribution in [0.5, 0.6) is 0 Å². The fourth-order valence-corrected chi connectivity index (χ4v) is 3.79. The van der Waals surface area contributed by atoms with E-state index >= 15 is 0 Å². The number of nitrogens with one attached hydrogen (secondary N) is 1. The minimum Gasteiger partial charge on any atom is -0.328 e. The number of aryl methyl sites for hydroxylation is 1. The number of benzene rings is 2. The van der Waals surface area contributed by atoms with Crippen LogP contribution < -0.4 is 5.32 Å². The van der Waals surface area contributed by atoms with Crippen molar-refractivity contribution in [1.82, 2.24) is 9.62 Å². The highest BCUT2D eigenvalue weighted by Gasteiger charge is 2.38. The van der Waals surface area contributed by atoms with E-state index < -0.39 is 16.1 Å². The highest BCUT2D eigenvalue weighted by molar-refractivity contribution is 7.89. The predicted octanol–water partition coefficient (Wildman–Crippen LogP) is 2.45. The normalized spacial score (nSPS) is 18.3. The molecule has 2 amide bonds. The van der Waals surface area contributed by atoms with Gasteiger partial charge in [-0.15, -0.1) is 0 Å². The van der Waals surface area contributed by atoms with E-state index in [4.69, 9.17) is 0 Å². The molecule has 1 N–H and O–H groups in total. The van der Waals surface area contributed by atoms with Crippen LogP contribution in [0, 0.1) is 6.92 Å². The summed E-state index contributed by atoms with van der Waals surface area (Å²) in [6.07, 6.45) is 0. The van der Waals surface area contributed by atoms with Crippen molar-refractivity contribution in [1.29, 1.82) is 0 Å². The first-order valence-corrected chi connectivity index (χ1v) is 8.37. The van der Waals surface area contributed by atoms with Crippen molar-refractivity contribution >= 4 is 16.1 Å². The lowest BCUT2D eigenvalue weighted by molar-refractivity contribution is 0.235. The molecule has 1 unspecified atom stereocenters. The molecular weight excluding hydrogens is 300 g/mol. The van der Waals surface area contributed by atoms with Gasteiger partial charge in [-0.05, 0) is 24.6 Å². The molecule has 2 aromatic carbocycles. The van der Waals surface area contributed by atoms with Gasteiger partial charge in [0.15, 0.2) is 0 Å². The van der Waals surface area contributed by atoms with Crippen LogP contribution in [0.25, 0.3) is 0 Å². The molecule has 3 rings (SSSR count). The summed E-state index contributed by atoms with van der Waals surface area (Å²) in [5.41, 5.74) is 1.85. The van der Waals surface area contributed by atoms with Crippen LogP contribution in [-0.4, -0.2) is 25.3 Å². The van der Waals surface area contributed by atoms with Crippen molar-refractivity contribution < 1.29 is 13.2 Å². The lowest BCUT2D eigenvalue weighted by Crippen LogP contribution is -2.34. The first kappa shape index (κ1) is 14.6. The number of carbonyl (C=O) groups excluding carboxylic acids is 1. The van der Waals surface area contributed by atoms with Gasteiger partial charge in [0.1, 0.15) is 0 Å². The highest BCUT2D eigenvalue weighted by Crippen LogP contribution is 2.25. The Bertz CT molecular complexity index is 786.